The average molecular weight is 338 g/mol. The van der Waals surface area contributed by atoms with Crippen molar-refractivity contribution < 1.29 is 14.4 Å². The molecule has 1 saturated carbocycles. The third kappa shape index (κ3) is 2.25. The summed E-state index contributed by atoms with van der Waals surface area (Å²) in [5.41, 5.74) is -0.347. The molecule has 1 heterocycles. The molecule has 3 aliphatic rings. The number of imide groups is 1. The number of nitrogens with zero attached hydrogens (tertiary/aromatic N) is 2. The first kappa shape index (κ1) is 16.1. The third-order valence-electron chi connectivity index (χ3n) is 6.29. The fourth-order valence-electron chi connectivity index (χ4n) is 4.72. The Kier molecular flexibility index (Phi) is 3.56. The first-order chi connectivity index (χ1) is 11.9. The lowest BCUT2D eigenvalue weighted by molar-refractivity contribution is -0.135. The molecule has 1 aliphatic heterocycles. The van der Waals surface area contributed by atoms with Crippen molar-refractivity contribution in [1.82, 2.24) is 9.80 Å². The zero-order valence-corrected chi connectivity index (χ0v) is 14.5. The third-order valence-corrected chi connectivity index (χ3v) is 6.29. The quantitative estimate of drug-likeness (QED) is 0.482. The van der Waals surface area contributed by atoms with Crippen LogP contribution < -0.4 is 0 Å². The molecule has 1 aromatic rings. The van der Waals surface area contributed by atoms with E-state index < -0.39 is 5.54 Å². The summed E-state index contributed by atoms with van der Waals surface area (Å²) >= 11 is 0. The van der Waals surface area contributed by atoms with Crippen molar-refractivity contribution in [3.8, 4) is 0 Å². The summed E-state index contributed by atoms with van der Waals surface area (Å²) in [7, 11) is 1.68. The Morgan fingerprint density at radius 2 is 1.88 bits per heavy atom. The van der Waals surface area contributed by atoms with E-state index in [1.807, 2.05) is 13.0 Å². The number of hydrogen-bond acceptors (Lipinski definition) is 3. The van der Waals surface area contributed by atoms with Crippen molar-refractivity contribution in [2.75, 3.05) is 13.6 Å². The molecule has 0 spiro atoms. The minimum absolute atomic E-state index is 0.126. The van der Waals surface area contributed by atoms with Gasteiger partial charge in [0, 0.05) is 12.6 Å². The molecule has 2 aliphatic carbocycles. The fraction of sp³-hybridized carbons (Fsp3) is 0.450. The lowest BCUT2D eigenvalue weighted by Gasteiger charge is -2.37. The maximum Gasteiger partial charge on any atom is 0.327 e. The van der Waals surface area contributed by atoms with E-state index in [1.165, 1.54) is 0 Å². The van der Waals surface area contributed by atoms with Gasteiger partial charge in [0.05, 0.1) is 6.54 Å². The van der Waals surface area contributed by atoms with E-state index in [0.717, 1.165) is 17.7 Å². The van der Waals surface area contributed by atoms with Crippen molar-refractivity contribution in [2.24, 2.45) is 17.8 Å². The average Bonchev–Trinajstić information content (AvgIpc) is 3.31. The van der Waals surface area contributed by atoms with Gasteiger partial charge in [-0.05, 0) is 37.5 Å². The highest BCUT2D eigenvalue weighted by Gasteiger charge is 2.60. The highest BCUT2D eigenvalue weighted by atomic mass is 16.2. The summed E-state index contributed by atoms with van der Waals surface area (Å²) in [4.78, 5) is 41.0. The Labute approximate surface area is 147 Å². The molecule has 3 amide bonds. The predicted octanol–water partition coefficient (Wildman–Crippen LogP) is 2.73. The molecule has 25 heavy (non-hydrogen) atoms. The van der Waals surface area contributed by atoms with Crippen LogP contribution in [0.3, 0.4) is 0 Å². The standard InChI is InChI=1S/C20H22N2O3/c1-20(16-11-13-8-9-15(16)10-13)18(24)22(19(25)21(20)2)12-17(23)14-6-4-3-5-7-14/h3-9,13,15-16H,10-12H2,1-2H3/t13-,15-,16?,20?/m0/s1. The number of rotatable bonds is 4. The van der Waals surface area contributed by atoms with Gasteiger partial charge in [0.2, 0.25) is 0 Å². The molecule has 2 unspecified atom stereocenters. The second kappa shape index (κ2) is 5.55. The van der Waals surface area contributed by atoms with E-state index in [1.54, 1.807) is 36.2 Å². The number of carbonyl (C=O) groups is 3. The van der Waals surface area contributed by atoms with Gasteiger partial charge in [-0.3, -0.25) is 14.5 Å². The molecule has 0 N–H and O–H groups in total. The van der Waals surface area contributed by atoms with E-state index in [4.69, 9.17) is 0 Å². The van der Waals surface area contributed by atoms with Crippen molar-refractivity contribution in [1.29, 1.82) is 0 Å². The van der Waals surface area contributed by atoms with E-state index in [2.05, 4.69) is 12.2 Å². The van der Waals surface area contributed by atoms with Gasteiger partial charge in [0.1, 0.15) is 5.54 Å². The van der Waals surface area contributed by atoms with Crippen molar-refractivity contribution >= 4 is 17.7 Å². The largest absolute Gasteiger partial charge is 0.327 e. The number of likely N-dealkylation sites (N-methyl/N-ethyl adjacent to an activating group) is 1. The lowest BCUT2D eigenvalue weighted by Crippen LogP contribution is -2.52. The van der Waals surface area contributed by atoms with E-state index >= 15 is 0 Å². The van der Waals surface area contributed by atoms with Gasteiger partial charge in [0.25, 0.3) is 5.91 Å². The molecule has 2 fully saturated rings. The maximum atomic E-state index is 13.2. The van der Waals surface area contributed by atoms with Crippen LogP contribution in [0.5, 0.6) is 0 Å². The summed E-state index contributed by atoms with van der Waals surface area (Å²) < 4.78 is 0. The van der Waals surface area contributed by atoms with Gasteiger partial charge >= 0.3 is 6.03 Å². The number of hydrogen-bond donors (Lipinski definition) is 0. The zero-order chi connectivity index (χ0) is 17.8. The molecule has 4 atom stereocenters. The van der Waals surface area contributed by atoms with Gasteiger partial charge in [0.15, 0.2) is 5.78 Å². The monoisotopic (exact) mass is 338 g/mol. The second-order valence-electron chi connectivity index (χ2n) is 7.56. The van der Waals surface area contributed by atoms with Gasteiger partial charge in [-0.1, -0.05) is 42.5 Å². The van der Waals surface area contributed by atoms with E-state index in [-0.39, 0.29) is 30.2 Å². The molecule has 5 nitrogen and oxygen atoms in total. The Balaban J connectivity index is 1.59. The summed E-state index contributed by atoms with van der Waals surface area (Å²) in [6.45, 7) is 1.66. The van der Waals surface area contributed by atoms with Crippen LogP contribution in [-0.4, -0.2) is 46.7 Å². The number of allylic oxidation sites excluding steroid dienone is 2. The lowest BCUT2D eigenvalue weighted by atomic mass is 9.76. The minimum atomic E-state index is -0.863. The number of benzene rings is 1. The number of urea groups is 1. The Morgan fingerprint density at radius 1 is 1.16 bits per heavy atom. The summed E-state index contributed by atoms with van der Waals surface area (Å²) in [5, 5.41) is 0. The van der Waals surface area contributed by atoms with Crippen LogP contribution in [-0.2, 0) is 4.79 Å². The van der Waals surface area contributed by atoms with Crippen LogP contribution in [0, 0.1) is 17.8 Å². The number of Topliss-reactive ketones (excluding diaryl/α,β-unsaturated/α-hetero) is 1. The number of carbonyl (C=O) groups excluding carboxylic acids is 3. The number of amides is 3. The Morgan fingerprint density at radius 3 is 2.48 bits per heavy atom. The summed E-state index contributed by atoms with van der Waals surface area (Å²) in [5.74, 6) is 0.533. The van der Waals surface area contributed by atoms with Gasteiger partial charge in [-0.25, -0.2) is 4.79 Å². The molecule has 130 valence electrons. The molecular formula is C20H22N2O3. The number of fused-ring (bicyclic) bond motifs is 2. The van der Waals surface area contributed by atoms with Crippen molar-refractivity contribution in [3.05, 3.63) is 48.0 Å². The second-order valence-corrected chi connectivity index (χ2v) is 7.56. The van der Waals surface area contributed by atoms with Crippen LogP contribution in [0.1, 0.15) is 30.1 Å². The molecule has 0 radical (unpaired) electrons. The molecule has 1 saturated heterocycles. The van der Waals surface area contributed by atoms with Crippen molar-refractivity contribution in [3.63, 3.8) is 0 Å². The van der Waals surface area contributed by atoms with Crippen LogP contribution in [0.4, 0.5) is 4.79 Å². The Bertz CT molecular complexity index is 772. The van der Waals surface area contributed by atoms with Crippen molar-refractivity contribution in [2.45, 2.75) is 25.3 Å². The first-order valence-corrected chi connectivity index (χ1v) is 8.79. The van der Waals surface area contributed by atoms with Crippen LogP contribution in [0.15, 0.2) is 42.5 Å². The van der Waals surface area contributed by atoms with Crippen LogP contribution in [0.2, 0.25) is 0 Å². The smallest absolute Gasteiger partial charge is 0.313 e. The fourth-order valence-corrected chi connectivity index (χ4v) is 4.72. The summed E-state index contributed by atoms with van der Waals surface area (Å²) in [6.07, 6.45) is 6.41. The normalized spacial score (nSPS) is 33.6. The highest BCUT2D eigenvalue weighted by molar-refractivity contribution is 6.11. The highest BCUT2D eigenvalue weighted by Crippen LogP contribution is 2.51. The zero-order valence-electron chi connectivity index (χ0n) is 14.5. The molecule has 1 aromatic carbocycles. The van der Waals surface area contributed by atoms with E-state index in [9.17, 15) is 14.4 Å². The van der Waals surface area contributed by atoms with Crippen LogP contribution >= 0.6 is 0 Å². The molecule has 4 rings (SSSR count). The predicted molar refractivity (Wildman–Crippen MR) is 92.9 cm³/mol. The van der Waals surface area contributed by atoms with Gasteiger partial charge in [-0.15, -0.1) is 0 Å². The molecule has 2 bridgehead atoms. The van der Waals surface area contributed by atoms with Crippen LogP contribution in [0.25, 0.3) is 0 Å². The molecular weight excluding hydrogens is 316 g/mol. The first-order valence-electron chi connectivity index (χ1n) is 8.79. The topological polar surface area (TPSA) is 57.7 Å². The summed E-state index contributed by atoms with van der Waals surface area (Å²) in [6, 6.07) is 8.42. The van der Waals surface area contributed by atoms with E-state index in [0.29, 0.717) is 17.4 Å². The maximum absolute atomic E-state index is 13.2. The van der Waals surface area contributed by atoms with Gasteiger partial charge in [-0.2, -0.15) is 0 Å². The molecule has 0 aromatic heterocycles. The number of ketones is 1. The molecule has 5 heteroatoms. The minimum Gasteiger partial charge on any atom is -0.313 e. The Hall–Kier alpha value is -2.43. The SMILES string of the molecule is CN1C(=O)N(CC(=O)c2ccccc2)C(=O)C1(C)C1C[C@H]2C=C[C@H]1C2. The van der Waals surface area contributed by atoms with Gasteiger partial charge < -0.3 is 4.90 Å².